The summed E-state index contributed by atoms with van der Waals surface area (Å²) in [6.45, 7) is 2.24. The number of benzene rings is 1. The smallest absolute Gasteiger partial charge is 0.150 e. The molecular weight excluding hydrogens is 234 g/mol. The zero-order valence-electron chi connectivity index (χ0n) is 10.1. The van der Waals surface area contributed by atoms with Crippen LogP contribution < -0.4 is 5.73 Å². The molecular formula is C13H19NO2S. The van der Waals surface area contributed by atoms with E-state index in [0.29, 0.717) is 12.3 Å². The molecule has 0 unspecified atom stereocenters. The molecule has 0 atom stereocenters. The van der Waals surface area contributed by atoms with Gasteiger partial charge in [0.25, 0.3) is 0 Å². The Hall–Kier alpha value is -0.870. The molecule has 0 aliphatic heterocycles. The molecule has 0 bridgehead atoms. The molecule has 1 aromatic carbocycles. The first kappa shape index (κ1) is 12.6. The molecule has 2 rings (SSSR count). The van der Waals surface area contributed by atoms with Gasteiger partial charge in [0.15, 0.2) is 9.84 Å². The van der Waals surface area contributed by atoms with Crippen molar-refractivity contribution in [1.29, 1.82) is 0 Å². The molecule has 1 aromatic rings. The van der Waals surface area contributed by atoms with Gasteiger partial charge in [-0.15, -0.1) is 0 Å². The van der Waals surface area contributed by atoms with Crippen LogP contribution in [0.4, 0.5) is 0 Å². The van der Waals surface area contributed by atoms with E-state index >= 15 is 0 Å². The van der Waals surface area contributed by atoms with E-state index in [9.17, 15) is 8.42 Å². The minimum Gasteiger partial charge on any atom is -0.326 e. The highest BCUT2D eigenvalue weighted by Crippen LogP contribution is 2.49. The van der Waals surface area contributed by atoms with E-state index in [2.05, 4.69) is 0 Å². The van der Waals surface area contributed by atoms with Gasteiger partial charge in [-0.1, -0.05) is 31.2 Å². The van der Waals surface area contributed by atoms with Gasteiger partial charge in [-0.05, 0) is 24.0 Å². The molecule has 0 amide bonds. The van der Waals surface area contributed by atoms with Gasteiger partial charge in [0.05, 0.1) is 5.75 Å². The summed E-state index contributed by atoms with van der Waals surface area (Å²) in [4.78, 5) is 0. The fourth-order valence-electron chi connectivity index (χ4n) is 2.18. The zero-order valence-corrected chi connectivity index (χ0v) is 11.0. The van der Waals surface area contributed by atoms with Gasteiger partial charge in [-0.2, -0.15) is 0 Å². The highest BCUT2D eigenvalue weighted by molar-refractivity contribution is 7.91. The molecule has 1 fully saturated rings. The summed E-state index contributed by atoms with van der Waals surface area (Å²) in [6.07, 6.45) is 1.96. The lowest BCUT2D eigenvalue weighted by molar-refractivity contribution is 0.587. The predicted molar refractivity (Wildman–Crippen MR) is 69.6 cm³/mol. The van der Waals surface area contributed by atoms with Crippen LogP contribution in [0.2, 0.25) is 0 Å². The van der Waals surface area contributed by atoms with Crippen LogP contribution in [0.5, 0.6) is 0 Å². The highest BCUT2D eigenvalue weighted by Gasteiger charge is 2.46. The Balaban J connectivity index is 2.21. The summed E-state index contributed by atoms with van der Waals surface area (Å²) in [6, 6.07) is 8.04. The average Bonchev–Trinajstić information content (AvgIpc) is 3.09. The van der Waals surface area contributed by atoms with Crippen molar-refractivity contribution in [2.24, 2.45) is 5.73 Å². The number of nitrogens with two attached hydrogens (primary N) is 1. The largest absolute Gasteiger partial charge is 0.326 e. The molecule has 3 nitrogen and oxygen atoms in total. The SMILES string of the molecule is CCS(=O)(=O)CC1(c2ccc(CN)cc2)CC1. The minimum atomic E-state index is -2.90. The van der Waals surface area contributed by atoms with Crippen LogP contribution in [0.25, 0.3) is 0 Å². The third-order valence-electron chi connectivity index (χ3n) is 3.59. The maximum atomic E-state index is 11.7. The summed E-state index contributed by atoms with van der Waals surface area (Å²) in [7, 11) is -2.90. The maximum Gasteiger partial charge on any atom is 0.150 e. The fourth-order valence-corrected chi connectivity index (χ4v) is 3.69. The lowest BCUT2D eigenvalue weighted by Crippen LogP contribution is -2.22. The highest BCUT2D eigenvalue weighted by atomic mass is 32.2. The zero-order chi connectivity index (χ0) is 12.5. The van der Waals surface area contributed by atoms with Crippen molar-refractivity contribution in [2.75, 3.05) is 11.5 Å². The van der Waals surface area contributed by atoms with Gasteiger partial charge in [-0.3, -0.25) is 0 Å². The Morgan fingerprint density at radius 2 is 1.82 bits per heavy atom. The predicted octanol–water partition coefficient (Wildman–Crippen LogP) is 1.61. The maximum absolute atomic E-state index is 11.7. The molecule has 4 heteroatoms. The van der Waals surface area contributed by atoms with Crippen molar-refractivity contribution in [2.45, 2.75) is 31.7 Å². The van der Waals surface area contributed by atoms with Crippen molar-refractivity contribution in [3.05, 3.63) is 35.4 Å². The van der Waals surface area contributed by atoms with E-state index in [1.807, 2.05) is 24.3 Å². The van der Waals surface area contributed by atoms with Gasteiger partial charge in [-0.25, -0.2) is 8.42 Å². The average molecular weight is 253 g/mol. The third-order valence-corrected chi connectivity index (χ3v) is 5.46. The second-order valence-corrected chi connectivity index (χ2v) is 7.21. The fraction of sp³-hybridized carbons (Fsp3) is 0.538. The van der Waals surface area contributed by atoms with Crippen LogP contribution >= 0.6 is 0 Å². The van der Waals surface area contributed by atoms with E-state index in [0.717, 1.165) is 24.0 Å². The molecule has 0 radical (unpaired) electrons. The van der Waals surface area contributed by atoms with E-state index in [1.54, 1.807) is 6.92 Å². The van der Waals surface area contributed by atoms with Gasteiger partial charge in [0.2, 0.25) is 0 Å². The third kappa shape index (κ3) is 2.69. The molecule has 94 valence electrons. The van der Waals surface area contributed by atoms with Gasteiger partial charge >= 0.3 is 0 Å². The first-order chi connectivity index (χ1) is 8.01. The van der Waals surface area contributed by atoms with Crippen LogP contribution in [0.1, 0.15) is 30.9 Å². The van der Waals surface area contributed by atoms with Crippen molar-refractivity contribution < 1.29 is 8.42 Å². The quantitative estimate of drug-likeness (QED) is 0.867. The first-order valence-electron chi connectivity index (χ1n) is 6.01. The Labute approximate surface area is 103 Å². The van der Waals surface area contributed by atoms with Crippen molar-refractivity contribution >= 4 is 9.84 Å². The number of sulfone groups is 1. The van der Waals surface area contributed by atoms with Crippen molar-refractivity contribution in [3.63, 3.8) is 0 Å². The molecule has 0 aromatic heterocycles. The second-order valence-electron chi connectivity index (χ2n) is 4.86. The van der Waals surface area contributed by atoms with Crippen LogP contribution in [0.3, 0.4) is 0 Å². The Morgan fingerprint density at radius 3 is 2.24 bits per heavy atom. The molecule has 1 aliphatic rings. The van der Waals surface area contributed by atoms with Gasteiger partial charge < -0.3 is 5.73 Å². The molecule has 1 saturated carbocycles. The van der Waals surface area contributed by atoms with E-state index < -0.39 is 9.84 Å². The van der Waals surface area contributed by atoms with E-state index in [1.165, 1.54) is 0 Å². The number of rotatable bonds is 5. The van der Waals surface area contributed by atoms with E-state index in [-0.39, 0.29) is 11.2 Å². The minimum absolute atomic E-state index is 0.109. The first-order valence-corrected chi connectivity index (χ1v) is 7.83. The summed E-state index contributed by atoms with van der Waals surface area (Å²) >= 11 is 0. The van der Waals surface area contributed by atoms with Crippen molar-refractivity contribution in [3.8, 4) is 0 Å². The van der Waals surface area contributed by atoms with Crippen LogP contribution in [0.15, 0.2) is 24.3 Å². The molecule has 17 heavy (non-hydrogen) atoms. The standard InChI is InChI=1S/C13H19NO2S/c1-2-17(15,16)10-13(7-8-13)12-5-3-11(9-14)4-6-12/h3-6H,2,7-10,14H2,1H3. The Morgan fingerprint density at radius 1 is 1.24 bits per heavy atom. The van der Waals surface area contributed by atoms with Gasteiger partial charge in [0.1, 0.15) is 0 Å². The lowest BCUT2D eigenvalue weighted by Gasteiger charge is -2.15. The van der Waals surface area contributed by atoms with Crippen LogP contribution in [-0.2, 0) is 21.8 Å². The topological polar surface area (TPSA) is 60.2 Å². The number of hydrogen-bond acceptors (Lipinski definition) is 3. The lowest BCUT2D eigenvalue weighted by atomic mass is 9.97. The van der Waals surface area contributed by atoms with Crippen LogP contribution in [-0.4, -0.2) is 19.9 Å². The summed E-state index contributed by atoms with van der Waals surface area (Å²) in [5, 5.41) is 0. The van der Waals surface area contributed by atoms with Crippen molar-refractivity contribution in [1.82, 2.24) is 0 Å². The number of hydrogen-bond donors (Lipinski definition) is 1. The summed E-state index contributed by atoms with van der Waals surface area (Å²) in [5.74, 6) is 0.522. The Bertz CT molecular complexity index is 487. The molecule has 1 aliphatic carbocycles. The summed E-state index contributed by atoms with van der Waals surface area (Å²) < 4.78 is 23.5. The van der Waals surface area contributed by atoms with E-state index in [4.69, 9.17) is 5.73 Å². The summed E-state index contributed by atoms with van der Waals surface area (Å²) in [5.41, 5.74) is 7.67. The molecule has 0 spiro atoms. The second kappa shape index (κ2) is 4.42. The monoisotopic (exact) mass is 253 g/mol. The molecule has 0 saturated heterocycles. The van der Waals surface area contributed by atoms with Gasteiger partial charge in [0, 0.05) is 17.7 Å². The molecule has 0 heterocycles. The molecule has 2 N–H and O–H groups in total. The normalized spacial score (nSPS) is 18.0. The Kier molecular flexibility index (Phi) is 3.27. The van der Waals surface area contributed by atoms with Crippen LogP contribution in [0, 0.1) is 0 Å².